The van der Waals surface area contributed by atoms with Gasteiger partial charge in [-0.2, -0.15) is 0 Å². The molecule has 0 aliphatic rings. The van der Waals surface area contributed by atoms with Crippen molar-refractivity contribution in [3.05, 3.63) is 89.5 Å². The topological polar surface area (TPSA) is 64.0 Å². The molecule has 0 bridgehead atoms. The third-order valence-electron chi connectivity index (χ3n) is 5.05. The quantitative estimate of drug-likeness (QED) is 0.536. The number of carbonyl (C=O) groups excluding carboxylic acids is 2. The molecule has 1 N–H and O–H groups in total. The Balaban J connectivity index is 1.62. The van der Waals surface area contributed by atoms with Crippen LogP contribution in [0.15, 0.2) is 67.0 Å². The van der Waals surface area contributed by atoms with Gasteiger partial charge < -0.3 is 9.88 Å². The van der Waals surface area contributed by atoms with Crippen molar-refractivity contribution in [2.45, 2.75) is 39.2 Å². The molecule has 156 valence electrons. The van der Waals surface area contributed by atoms with Gasteiger partial charge in [-0.3, -0.25) is 9.59 Å². The van der Waals surface area contributed by atoms with Crippen LogP contribution in [0, 0.1) is 5.92 Å². The summed E-state index contributed by atoms with van der Waals surface area (Å²) in [6.45, 7) is 4.34. The summed E-state index contributed by atoms with van der Waals surface area (Å²) in [7, 11) is 1.90. The molecule has 5 heteroatoms. The van der Waals surface area contributed by atoms with Gasteiger partial charge in [0, 0.05) is 37.8 Å². The molecule has 0 saturated carbocycles. The lowest BCUT2D eigenvalue weighted by molar-refractivity contribution is -0.121. The predicted octanol–water partition coefficient (Wildman–Crippen LogP) is 4.49. The van der Waals surface area contributed by atoms with E-state index in [1.807, 2.05) is 72.4 Å². The minimum Gasteiger partial charge on any atom is -0.342 e. The van der Waals surface area contributed by atoms with Gasteiger partial charge in [0.15, 0.2) is 5.78 Å². The van der Waals surface area contributed by atoms with Crippen molar-refractivity contribution in [1.82, 2.24) is 14.9 Å². The van der Waals surface area contributed by atoms with Gasteiger partial charge in [0.2, 0.25) is 5.91 Å². The van der Waals surface area contributed by atoms with Crippen LogP contribution in [0.1, 0.15) is 60.0 Å². The number of ketones is 1. The van der Waals surface area contributed by atoms with Gasteiger partial charge in [0.05, 0.1) is 0 Å². The van der Waals surface area contributed by atoms with Gasteiger partial charge in [-0.1, -0.05) is 68.4 Å². The van der Waals surface area contributed by atoms with Crippen molar-refractivity contribution in [1.29, 1.82) is 0 Å². The number of aromatic nitrogens is 2. The molecule has 2 aromatic carbocycles. The fourth-order valence-electron chi connectivity index (χ4n) is 3.50. The molecule has 1 atom stereocenters. The van der Waals surface area contributed by atoms with Gasteiger partial charge in [-0.15, -0.1) is 0 Å². The largest absolute Gasteiger partial charge is 0.342 e. The zero-order valence-electron chi connectivity index (χ0n) is 17.8. The molecule has 1 amide bonds. The summed E-state index contributed by atoms with van der Waals surface area (Å²) in [5.41, 5.74) is 2.83. The van der Waals surface area contributed by atoms with Crippen LogP contribution in [-0.2, 0) is 18.3 Å². The van der Waals surface area contributed by atoms with Crippen LogP contribution in [0.2, 0.25) is 0 Å². The summed E-state index contributed by atoms with van der Waals surface area (Å²) in [6, 6.07) is 17.1. The number of aryl methyl sites for hydroxylation is 1. The van der Waals surface area contributed by atoms with Crippen molar-refractivity contribution in [2.75, 3.05) is 0 Å². The number of nitrogens with zero attached hydrogens (tertiary/aromatic N) is 2. The highest BCUT2D eigenvalue weighted by molar-refractivity contribution is 5.98. The maximum Gasteiger partial charge on any atom is 0.221 e. The zero-order valence-corrected chi connectivity index (χ0v) is 17.8. The minimum atomic E-state index is -0.357. The fourth-order valence-corrected chi connectivity index (χ4v) is 3.50. The van der Waals surface area contributed by atoms with Crippen LogP contribution < -0.4 is 5.32 Å². The van der Waals surface area contributed by atoms with E-state index in [9.17, 15) is 9.59 Å². The van der Waals surface area contributed by atoms with E-state index >= 15 is 0 Å². The third-order valence-corrected chi connectivity index (χ3v) is 5.05. The predicted molar refractivity (Wildman–Crippen MR) is 118 cm³/mol. The first-order valence-electron chi connectivity index (χ1n) is 10.4. The Hall–Kier alpha value is -3.21. The van der Waals surface area contributed by atoms with Gasteiger partial charge >= 0.3 is 0 Å². The number of amides is 1. The van der Waals surface area contributed by atoms with E-state index in [2.05, 4.69) is 24.1 Å². The number of Topliss-reactive ketones (excluding diaryl/α,β-unsaturated/α-hetero) is 1. The van der Waals surface area contributed by atoms with Crippen LogP contribution in [0.5, 0.6) is 0 Å². The molecular weight excluding hydrogens is 374 g/mol. The molecule has 30 heavy (non-hydrogen) atoms. The number of benzene rings is 2. The third kappa shape index (κ3) is 5.66. The zero-order chi connectivity index (χ0) is 21.5. The first-order chi connectivity index (χ1) is 14.4. The number of carbonyl (C=O) groups is 2. The van der Waals surface area contributed by atoms with Crippen molar-refractivity contribution in [3.8, 4) is 0 Å². The van der Waals surface area contributed by atoms with Crippen LogP contribution >= 0.6 is 0 Å². The summed E-state index contributed by atoms with van der Waals surface area (Å²) in [5.74, 6) is 1.14. The molecular formula is C25H29N3O2. The molecule has 0 radical (unpaired) electrons. The van der Waals surface area contributed by atoms with E-state index in [0.717, 1.165) is 17.8 Å². The maximum absolute atomic E-state index is 12.6. The Kier molecular flexibility index (Phi) is 7.17. The Morgan fingerprint density at radius 1 is 1.00 bits per heavy atom. The lowest BCUT2D eigenvalue weighted by atomic mass is 9.99. The summed E-state index contributed by atoms with van der Waals surface area (Å²) < 4.78 is 1.89. The highest BCUT2D eigenvalue weighted by Crippen LogP contribution is 2.20. The summed E-state index contributed by atoms with van der Waals surface area (Å²) in [5, 5.41) is 3.04. The average Bonchev–Trinajstić information content (AvgIpc) is 3.16. The first kappa shape index (κ1) is 21.5. The first-order valence-corrected chi connectivity index (χ1v) is 10.4. The van der Waals surface area contributed by atoms with Crippen LogP contribution in [0.4, 0.5) is 0 Å². The molecule has 1 heterocycles. The van der Waals surface area contributed by atoms with Crippen LogP contribution in [0.25, 0.3) is 0 Å². The number of hydrogen-bond donors (Lipinski definition) is 1. The Bertz CT molecular complexity index is 975. The van der Waals surface area contributed by atoms with E-state index in [4.69, 9.17) is 0 Å². The lowest BCUT2D eigenvalue weighted by Gasteiger charge is -2.19. The van der Waals surface area contributed by atoms with E-state index in [1.165, 1.54) is 5.56 Å². The molecule has 5 nitrogen and oxygen atoms in total. The average molecular weight is 404 g/mol. The monoisotopic (exact) mass is 403 g/mol. The molecule has 1 unspecified atom stereocenters. The standard InChI is InChI=1S/C25H29N3O2/c1-18(2)17-19-9-11-20(12-10-19)22(29)13-14-23(30)27-24(21-7-5-4-6-8-21)25-26-15-16-28(25)3/h4-12,15-16,18,24H,13-14,17H2,1-3H3,(H,27,30). The second-order valence-corrected chi connectivity index (χ2v) is 8.03. The van der Waals surface area contributed by atoms with Gasteiger partial charge in [0.25, 0.3) is 0 Å². The van der Waals surface area contributed by atoms with E-state index in [1.54, 1.807) is 6.20 Å². The summed E-state index contributed by atoms with van der Waals surface area (Å²) >= 11 is 0. The van der Waals surface area contributed by atoms with Gasteiger partial charge in [0.1, 0.15) is 11.9 Å². The van der Waals surface area contributed by atoms with E-state index in [-0.39, 0.29) is 30.6 Å². The number of nitrogens with one attached hydrogen (secondary N) is 1. The molecule has 3 rings (SSSR count). The summed E-state index contributed by atoms with van der Waals surface area (Å²) in [4.78, 5) is 29.6. The van der Waals surface area contributed by atoms with E-state index in [0.29, 0.717) is 11.5 Å². The molecule has 0 aliphatic carbocycles. The second-order valence-electron chi connectivity index (χ2n) is 8.03. The number of rotatable bonds is 9. The minimum absolute atomic E-state index is 0.0190. The van der Waals surface area contributed by atoms with Crippen LogP contribution in [-0.4, -0.2) is 21.2 Å². The van der Waals surface area contributed by atoms with Crippen LogP contribution in [0.3, 0.4) is 0 Å². The van der Waals surface area contributed by atoms with Gasteiger partial charge in [-0.05, 0) is 23.5 Å². The Morgan fingerprint density at radius 3 is 2.30 bits per heavy atom. The highest BCUT2D eigenvalue weighted by Gasteiger charge is 2.21. The number of hydrogen-bond acceptors (Lipinski definition) is 3. The normalized spacial score (nSPS) is 12.0. The second kappa shape index (κ2) is 10.0. The SMILES string of the molecule is CC(C)Cc1ccc(C(=O)CCC(=O)NC(c2ccccc2)c2nccn2C)cc1. The Morgan fingerprint density at radius 2 is 1.70 bits per heavy atom. The van der Waals surface area contributed by atoms with Crippen molar-refractivity contribution < 1.29 is 9.59 Å². The highest BCUT2D eigenvalue weighted by atomic mass is 16.2. The molecule has 1 aromatic heterocycles. The molecule has 0 saturated heterocycles. The molecule has 0 fully saturated rings. The fraction of sp³-hybridized carbons (Fsp3) is 0.320. The lowest BCUT2D eigenvalue weighted by Crippen LogP contribution is -2.31. The maximum atomic E-state index is 12.6. The van der Waals surface area contributed by atoms with Gasteiger partial charge in [-0.25, -0.2) is 4.98 Å². The smallest absolute Gasteiger partial charge is 0.221 e. The number of imidazole rings is 1. The molecule has 3 aromatic rings. The van der Waals surface area contributed by atoms with E-state index < -0.39 is 0 Å². The summed E-state index contributed by atoms with van der Waals surface area (Å²) in [6.07, 6.45) is 4.87. The van der Waals surface area contributed by atoms with Crippen molar-refractivity contribution in [2.24, 2.45) is 13.0 Å². The van der Waals surface area contributed by atoms with Crippen molar-refractivity contribution in [3.63, 3.8) is 0 Å². The molecule has 0 aliphatic heterocycles. The van der Waals surface area contributed by atoms with Crippen molar-refractivity contribution >= 4 is 11.7 Å². The molecule has 0 spiro atoms. The Labute approximate surface area is 178 Å².